The van der Waals surface area contributed by atoms with E-state index in [2.05, 4.69) is 35.2 Å². The predicted octanol–water partition coefficient (Wildman–Crippen LogP) is 0.235. The average Bonchev–Trinajstić information content (AvgIpc) is 2.74. The number of rotatable bonds is 7. The van der Waals surface area contributed by atoms with Crippen molar-refractivity contribution in [1.82, 2.24) is 14.9 Å². The van der Waals surface area contributed by atoms with Crippen LogP contribution in [0.15, 0.2) is 24.3 Å². The molecule has 0 radical (unpaired) electrons. The topological polar surface area (TPSA) is 78.5 Å². The Kier molecular flexibility index (Phi) is 5.55. The molecule has 0 spiro atoms. The largest absolute Gasteiger partial charge is 0.340 e. The molecule has 1 saturated heterocycles. The molecule has 1 amide bonds. The van der Waals surface area contributed by atoms with E-state index in [0.717, 1.165) is 12.8 Å². The highest BCUT2D eigenvalue weighted by molar-refractivity contribution is 7.88. The van der Waals surface area contributed by atoms with Gasteiger partial charge < -0.3 is 10.2 Å². The SMILES string of the molecule is Cc1cccc(CNCCN2CCC(NS(C)(=O)=O)C2=O)c1. The van der Waals surface area contributed by atoms with Crippen molar-refractivity contribution < 1.29 is 13.2 Å². The van der Waals surface area contributed by atoms with Gasteiger partial charge in [-0.1, -0.05) is 29.8 Å². The third-order valence-corrected chi connectivity index (χ3v) is 4.34. The molecule has 1 atom stereocenters. The number of hydrogen-bond donors (Lipinski definition) is 2. The van der Waals surface area contributed by atoms with Gasteiger partial charge in [0.15, 0.2) is 0 Å². The third-order valence-electron chi connectivity index (χ3n) is 3.62. The van der Waals surface area contributed by atoms with E-state index in [4.69, 9.17) is 0 Å². The van der Waals surface area contributed by atoms with E-state index in [-0.39, 0.29) is 5.91 Å². The van der Waals surface area contributed by atoms with Gasteiger partial charge in [0.2, 0.25) is 15.9 Å². The van der Waals surface area contributed by atoms with Crippen molar-refractivity contribution in [1.29, 1.82) is 0 Å². The molecule has 1 aliphatic heterocycles. The molecule has 7 heteroatoms. The summed E-state index contributed by atoms with van der Waals surface area (Å²) in [6.07, 6.45) is 1.61. The molecule has 0 aliphatic carbocycles. The van der Waals surface area contributed by atoms with E-state index in [1.165, 1.54) is 11.1 Å². The summed E-state index contributed by atoms with van der Waals surface area (Å²) in [6, 6.07) is 7.67. The molecule has 1 heterocycles. The number of nitrogens with one attached hydrogen (secondary N) is 2. The van der Waals surface area contributed by atoms with Gasteiger partial charge in [0, 0.05) is 26.2 Å². The summed E-state index contributed by atoms with van der Waals surface area (Å²) in [5.41, 5.74) is 2.44. The highest BCUT2D eigenvalue weighted by atomic mass is 32.2. The van der Waals surface area contributed by atoms with Gasteiger partial charge in [-0.05, 0) is 18.9 Å². The van der Waals surface area contributed by atoms with Gasteiger partial charge in [-0.3, -0.25) is 4.79 Å². The summed E-state index contributed by atoms with van der Waals surface area (Å²) in [7, 11) is -3.34. The Morgan fingerprint density at radius 1 is 1.36 bits per heavy atom. The second-order valence-electron chi connectivity index (χ2n) is 5.72. The van der Waals surface area contributed by atoms with Gasteiger partial charge in [0.05, 0.1) is 6.26 Å². The normalized spacial score (nSPS) is 18.9. The molecule has 1 aliphatic rings. The Hall–Kier alpha value is -1.44. The monoisotopic (exact) mass is 325 g/mol. The zero-order chi connectivity index (χ0) is 16.2. The van der Waals surface area contributed by atoms with Crippen molar-refractivity contribution in [2.24, 2.45) is 0 Å². The minimum atomic E-state index is -3.34. The van der Waals surface area contributed by atoms with Gasteiger partial charge in [-0.25, -0.2) is 13.1 Å². The van der Waals surface area contributed by atoms with E-state index in [9.17, 15) is 13.2 Å². The molecular weight excluding hydrogens is 302 g/mol. The maximum Gasteiger partial charge on any atom is 0.240 e. The van der Waals surface area contributed by atoms with Crippen molar-refractivity contribution in [2.45, 2.75) is 25.9 Å². The first-order chi connectivity index (χ1) is 10.3. The first kappa shape index (κ1) is 16.9. The number of carbonyl (C=O) groups is 1. The van der Waals surface area contributed by atoms with Crippen molar-refractivity contribution in [3.05, 3.63) is 35.4 Å². The number of sulfonamides is 1. The molecule has 1 aromatic rings. The highest BCUT2D eigenvalue weighted by Gasteiger charge is 2.32. The number of amides is 1. The van der Waals surface area contributed by atoms with Crippen LogP contribution in [0, 0.1) is 6.92 Å². The molecule has 0 aromatic heterocycles. The average molecular weight is 325 g/mol. The molecule has 0 bridgehead atoms. The van der Waals surface area contributed by atoms with E-state index in [1.807, 2.05) is 6.07 Å². The Bertz CT molecular complexity index is 631. The van der Waals surface area contributed by atoms with Crippen LogP contribution in [0.4, 0.5) is 0 Å². The third kappa shape index (κ3) is 5.08. The van der Waals surface area contributed by atoms with Gasteiger partial charge in [0.25, 0.3) is 0 Å². The summed E-state index contributed by atoms with van der Waals surface area (Å²) in [4.78, 5) is 13.8. The lowest BCUT2D eigenvalue weighted by molar-refractivity contribution is -0.129. The van der Waals surface area contributed by atoms with Crippen LogP contribution in [0.2, 0.25) is 0 Å². The van der Waals surface area contributed by atoms with Crippen LogP contribution < -0.4 is 10.0 Å². The van der Waals surface area contributed by atoms with Crippen molar-refractivity contribution in [2.75, 3.05) is 25.9 Å². The van der Waals surface area contributed by atoms with E-state index in [1.54, 1.807) is 4.90 Å². The Labute approximate surface area is 131 Å². The van der Waals surface area contributed by atoms with Crippen LogP contribution in [0.1, 0.15) is 17.5 Å². The van der Waals surface area contributed by atoms with E-state index < -0.39 is 16.1 Å². The number of carbonyl (C=O) groups excluding carboxylic acids is 1. The number of nitrogens with zero attached hydrogens (tertiary/aromatic N) is 1. The van der Waals surface area contributed by atoms with Crippen molar-refractivity contribution >= 4 is 15.9 Å². The quantitative estimate of drug-likeness (QED) is 0.704. The summed E-state index contributed by atoms with van der Waals surface area (Å²) in [5.74, 6) is -0.136. The van der Waals surface area contributed by atoms with E-state index >= 15 is 0 Å². The second kappa shape index (κ2) is 7.21. The molecule has 2 N–H and O–H groups in total. The Morgan fingerprint density at radius 3 is 2.82 bits per heavy atom. The predicted molar refractivity (Wildman–Crippen MR) is 85.9 cm³/mol. The Morgan fingerprint density at radius 2 is 2.14 bits per heavy atom. The summed E-state index contributed by atoms with van der Waals surface area (Å²) < 4.78 is 24.8. The van der Waals surface area contributed by atoms with Gasteiger partial charge in [-0.15, -0.1) is 0 Å². The smallest absolute Gasteiger partial charge is 0.240 e. The standard InChI is InChI=1S/C15H23N3O3S/c1-12-4-3-5-13(10-12)11-16-7-9-18-8-6-14(15(18)19)17-22(2,20)21/h3-5,10,14,16-17H,6-9,11H2,1-2H3. The van der Waals surface area contributed by atoms with Crippen LogP contribution in [0.5, 0.6) is 0 Å². The first-order valence-electron chi connectivity index (χ1n) is 7.37. The lowest BCUT2D eigenvalue weighted by Gasteiger charge is -2.17. The van der Waals surface area contributed by atoms with Crippen molar-refractivity contribution in [3.8, 4) is 0 Å². The lowest BCUT2D eigenvalue weighted by Crippen LogP contribution is -2.42. The number of hydrogen-bond acceptors (Lipinski definition) is 4. The molecule has 122 valence electrons. The van der Waals surface area contributed by atoms with Crippen LogP contribution in [-0.4, -0.2) is 51.2 Å². The summed E-state index contributed by atoms with van der Waals surface area (Å²) >= 11 is 0. The van der Waals surface area contributed by atoms with Crippen LogP contribution in [-0.2, 0) is 21.4 Å². The van der Waals surface area contributed by atoms with Gasteiger partial charge >= 0.3 is 0 Å². The van der Waals surface area contributed by atoms with Crippen LogP contribution in [0.3, 0.4) is 0 Å². The summed E-state index contributed by atoms with van der Waals surface area (Å²) in [6.45, 7) is 4.69. The molecular formula is C15H23N3O3S. The number of benzene rings is 1. The maximum atomic E-state index is 12.1. The van der Waals surface area contributed by atoms with Crippen LogP contribution in [0.25, 0.3) is 0 Å². The van der Waals surface area contributed by atoms with Crippen LogP contribution >= 0.6 is 0 Å². The Balaban J connectivity index is 1.73. The molecule has 0 saturated carbocycles. The zero-order valence-corrected chi connectivity index (χ0v) is 13.8. The molecule has 1 aromatic carbocycles. The van der Waals surface area contributed by atoms with Gasteiger partial charge in [0.1, 0.15) is 6.04 Å². The molecule has 1 fully saturated rings. The van der Waals surface area contributed by atoms with Gasteiger partial charge in [-0.2, -0.15) is 0 Å². The molecule has 22 heavy (non-hydrogen) atoms. The minimum Gasteiger partial charge on any atom is -0.340 e. The zero-order valence-electron chi connectivity index (χ0n) is 13.0. The fourth-order valence-corrected chi connectivity index (χ4v) is 3.33. The first-order valence-corrected chi connectivity index (χ1v) is 9.26. The fourth-order valence-electron chi connectivity index (χ4n) is 2.60. The molecule has 1 unspecified atom stereocenters. The summed E-state index contributed by atoms with van der Waals surface area (Å²) in [5, 5.41) is 3.31. The second-order valence-corrected chi connectivity index (χ2v) is 7.50. The number of likely N-dealkylation sites (tertiary alicyclic amines) is 1. The highest BCUT2D eigenvalue weighted by Crippen LogP contribution is 2.11. The van der Waals surface area contributed by atoms with Crippen molar-refractivity contribution in [3.63, 3.8) is 0 Å². The van der Waals surface area contributed by atoms with E-state index in [0.29, 0.717) is 26.1 Å². The minimum absolute atomic E-state index is 0.136. The molecule has 2 rings (SSSR count). The molecule has 6 nitrogen and oxygen atoms in total. The lowest BCUT2D eigenvalue weighted by atomic mass is 10.1. The maximum absolute atomic E-state index is 12.1. The fraction of sp³-hybridized carbons (Fsp3) is 0.533. The number of aryl methyl sites for hydroxylation is 1.